The quantitative estimate of drug-likeness (QED) is 0.667. The largest absolute Gasteiger partial charge is 0.480 e. The molecule has 2 N–H and O–H groups in total. The molecule has 0 radical (unpaired) electrons. The van der Waals surface area contributed by atoms with E-state index < -0.39 is 29.4 Å². The average Bonchev–Trinajstić information content (AvgIpc) is 3.03. The highest BCUT2D eigenvalue weighted by Crippen LogP contribution is 2.31. The van der Waals surface area contributed by atoms with E-state index in [0.29, 0.717) is 13.0 Å². The minimum absolute atomic E-state index is 0.0227. The molecule has 0 spiro atoms. The summed E-state index contributed by atoms with van der Waals surface area (Å²) in [4.78, 5) is 35.2. The zero-order chi connectivity index (χ0) is 17.0. The average molecular weight is 325 g/mol. The minimum atomic E-state index is -1.14. The van der Waals surface area contributed by atoms with Crippen molar-refractivity contribution in [2.24, 2.45) is 16.1 Å². The number of carbonyl (C=O) groups is 3. The summed E-state index contributed by atoms with van der Waals surface area (Å²) in [5.74, 6) is -2.90. The summed E-state index contributed by atoms with van der Waals surface area (Å²) in [5.41, 5.74) is -1.06. The van der Waals surface area contributed by atoms with E-state index in [4.69, 9.17) is 0 Å². The van der Waals surface area contributed by atoms with Crippen LogP contribution < -0.4 is 5.32 Å². The Balaban J connectivity index is 2.29. The molecule has 0 aromatic carbocycles. The van der Waals surface area contributed by atoms with Gasteiger partial charge in [0.05, 0.1) is 14.2 Å². The molecule has 0 bridgehead atoms. The van der Waals surface area contributed by atoms with Gasteiger partial charge >= 0.3 is 17.9 Å². The number of nitrogens with one attached hydrogen (secondary N) is 1. The van der Waals surface area contributed by atoms with E-state index in [1.807, 2.05) is 0 Å². The first-order valence-corrected chi connectivity index (χ1v) is 7.23. The van der Waals surface area contributed by atoms with Gasteiger partial charge in [-0.05, 0) is 25.8 Å². The number of aliphatic carboxylic acids is 1. The first kappa shape index (κ1) is 17.1. The molecule has 0 saturated carbocycles. The molecular formula is C14H19N3O6. The number of hydrogen-bond acceptors (Lipinski definition) is 8. The van der Waals surface area contributed by atoms with Crippen LogP contribution in [0, 0.1) is 5.92 Å². The molecule has 0 aromatic rings. The number of carboxylic acid groups (broad SMARTS) is 1. The lowest BCUT2D eigenvalue weighted by atomic mass is 9.80. The van der Waals surface area contributed by atoms with Gasteiger partial charge in [-0.15, -0.1) is 10.2 Å². The number of carbonyl (C=O) groups excluding carboxylic acids is 2. The van der Waals surface area contributed by atoms with E-state index in [1.54, 1.807) is 0 Å². The van der Waals surface area contributed by atoms with Crippen LogP contribution in [-0.4, -0.2) is 60.7 Å². The Labute approximate surface area is 132 Å². The van der Waals surface area contributed by atoms with Gasteiger partial charge in [0.2, 0.25) is 0 Å². The van der Waals surface area contributed by atoms with Crippen molar-refractivity contribution in [2.45, 2.75) is 31.2 Å². The second-order valence-corrected chi connectivity index (χ2v) is 5.54. The van der Waals surface area contributed by atoms with Crippen LogP contribution in [-0.2, 0) is 23.9 Å². The number of carboxylic acids is 1. The van der Waals surface area contributed by atoms with E-state index in [-0.39, 0.29) is 24.3 Å². The smallest absolute Gasteiger partial charge is 0.354 e. The van der Waals surface area contributed by atoms with Crippen molar-refractivity contribution < 1.29 is 29.0 Å². The second kappa shape index (κ2) is 6.86. The minimum Gasteiger partial charge on any atom is -0.480 e. The van der Waals surface area contributed by atoms with Crippen LogP contribution in [0.1, 0.15) is 25.7 Å². The fourth-order valence-electron chi connectivity index (χ4n) is 2.96. The molecule has 9 heteroatoms. The maximum atomic E-state index is 11.9. The summed E-state index contributed by atoms with van der Waals surface area (Å²) >= 11 is 0. The standard InChI is InChI=1S/C14H19N3O6/c1-22-11(18)9-6-8(10(17-16-9)12(19)23-2)7-14(13(20)21)4-3-5-15-14/h8,15H,3-7H2,1-2H3,(H,20,21). The number of esters is 2. The summed E-state index contributed by atoms with van der Waals surface area (Å²) in [6.07, 6.45) is 1.36. The van der Waals surface area contributed by atoms with Gasteiger partial charge in [0.25, 0.3) is 0 Å². The molecule has 1 saturated heterocycles. The predicted molar refractivity (Wildman–Crippen MR) is 79.2 cm³/mol. The molecule has 0 aliphatic carbocycles. The monoisotopic (exact) mass is 325 g/mol. The van der Waals surface area contributed by atoms with E-state index in [1.165, 1.54) is 14.2 Å². The van der Waals surface area contributed by atoms with Crippen molar-refractivity contribution in [3.05, 3.63) is 0 Å². The van der Waals surface area contributed by atoms with Crippen LogP contribution in [0.5, 0.6) is 0 Å². The Hall–Kier alpha value is -2.29. The lowest BCUT2D eigenvalue weighted by Crippen LogP contribution is -2.51. The Kier molecular flexibility index (Phi) is 5.09. The highest BCUT2D eigenvalue weighted by molar-refractivity contribution is 6.42. The van der Waals surface area contributed by atoms with Crippen LogP contribution in [0.3, 0.4) is 0 Å². The number of hydrogen-bond donors (Lipinski definition) is 2. The van der Waals surface area contributed by atoms with Crippen molar-refractivity contribution >= 4 is 29.3 Å². The molecule has 2 atom stereocenters. The van der Waals surface area contributed by atoms with Gasteiger partial charge < -0.3 is 19.9 Å². The molecule has 2 aliphatic rings. The summed E-state index contributed by atoms with van der Waals surface area (Å²) < 4.78 is 9.29. The van der Waals surface area contributed by atoms with Gasteiger partial charge in [-0.1, -0.05) is 0 Å². The van der Waals surface area contributed by atoms with Crippen molar-refractivity contribution in [2.75, 3.05) is 20.8 Å². The van der Waals surface area contributed by atoms with Crippen molar-refractivity contribution in [1.29, 1.82) is 0 Å². The van der Waals surface area contributed by atoms with E-state index in [9.17, 15) is 19.5 Å². The summed E-state index contributed by atoms with van der Waals surface area (Å²) in [6.45, 7) is 0.585. The number of rotatable bonds is 5. The molecule has 2 rings (SSSR count). The van der Waals surface area contributed by atoms with Gasteiger partial charge in [-0.25, -0.2) is 9.59 Å². The number of methoxy groups -OCH3 is 2. The first-order chi connectivity index (χ1) is 10.9. The van der Waals surface area contributed by atoms with Crippen molar-refractivity contribution in [3.63, 3.8) is 0 Å². The first-order valence-electron chi connectivity index (χ1n) is 7.23. The van der Waals surface area contributed by atoms with E-state index in [2.05, 4.69) is 25.0 Å². The molecule has 9 nitrogen and oxygen atoms in total. The van der Waals surface area contributed by atoms with Gasteiger partial charge in [0.1, 0.15) is 11.3 Å². The van der Waals surface area contributed by atoms with Gasteiger partial charge in [-0.2, -0.15) is 0 Å². The van der Waals surface area contributed by atoms with Crippen molar-refractivity contribution in [3.8, 4) is 0 Å². The molecule has 1 fully saturated rings. The Morgan fingerprint density at radius 3 is 2.48 bits per heavy atom. The van der Waals surface area contributed by atoms with Gasteiger partial charge in [-0.3, -0.25) is 4.79 Å². The number of nitrogens with zero attached hydrogens (tertiary/aromatic N) is 2. The van der Waals surface area contributed by atoms with Crippen LogP contribution in [0.25, 0.3) is 0 Å². The van der Waals surface area contributed by atoms with Crippen LogP contribution in [0.4, 0.5) is 0 Å². The van der Waals surface area contributed by atoms with Gasteiger partial charge in [0.15, 0.2) is 5.71 Å². The summed E-state index contributed by atoms with van der Waals surface area (Å²) in [6, 6.07) is 0. The topological polar surface area (TPSA) is 127 Å². The Morgan fingerprint density at radius 2 is 1.96 bits per heavy atom. The Bertz CT molecular complexity index is 577. The normalized spacial score (nSPS) is 27.0. The zero-order valence-electron chi connectivity index (χ0n) is 13.0. The third-order valence-corrected chi connectivity index (χ3v) is 4.17. The van der Waals surface area contributed by atoms with Crippen molar-refractivity contribution in [1.82, 2.24) is 5.32 Å². The highest BCUT2D eigenvalue weighted by atomic mass is 16.5. The predicted octanol–water partition coefficient (Wildman–Crippen LogP) is -0.254. The molecule has 126 valence electrons. The van der Waals surface area contributed by atoms with E-state index in [0.717, 1.165) is 6.42 Å². The third kappa shape index (κ3) is 3.39. The molecular weight excluding hydrogens is 306 g/mol. The zero-order valence-corrected chi connectivity index (χ0v) is 13.0. The lowest BCUT2D eigenvalue weighted by molar-refractivity contribution is -0.145. The fourth-order valence-corrected chi connectivity index (χ4v) is 2.96. The maximum absolute atomic E-state index is 11.9. The lowest BCUT2D eigenvalue weighted by Gasteiger charge is -2.30. The molecule has 23 heavy (non-hydrogen) atoms. The molecule has 0 aromatic heterocycles. The van der Waals surface area contributed by atoms with Gasteiger partial charge in [0, 0.05) is 12.3 Å². The molecule has 2 heterocycles. The van der Waals surface area contributed by atoms with Crippen LogP contribution in [0.2, 0.25) is 0 Å². The third-order valence-electron chi connectivity index (χ3n) is 4.17. The molecule has 2 unspecified atom stereocenters. The van der Waals surface area contributed by atoms with Crippen LogP contribution in [0.15, 0.2) is 10.2 Å². The summed E-state index contributed by atoms with van der Waals surface area (Å²) in [7, 11) is 2.43. The highest BCUT2D eigenvalue weighted by Gasteiger charge is 2.46. The fraction of sp³-hybridized carbons (Fsp3) is 0.643. The SMILES string of the molecule is COC(=O)C1=NN=C(C(=O)OC)C(CC2(C(=O)O)CCCN2)C1. The summed E-state index contributed by atoms with van der Waals surface area (Å²) in [5, 5.41) is 20.0. The number of ether oxygens (including phenoxy) is 2. The second-order valence-electron chi connectivity index (χ2n) is 5.54. The Morgan fingerprint density at radius 1 is 1.26 bits per heavy atom. The maximum Gasteiger partial charge on any atom is 0.354 e. The van der Waals surface area contributed by atoms with E-state index >= 15 is 0 Å². The molecule has 0 amide bonds. The van der Waals surface area contributed by atoms with Crippen LogP contribution >= 0.6 is 0 Å². The molecule has 2 aliphatic heterocycles.